The van der Waals surface area contributed by atoms with Gasteiger partial charge in [0.2, 0.25) is 0 Å². The lowest BCUT2D eigenvalue weighted by Gasteiger charge is -2.13. The van der Waals surface area contributed by atoms with Crippen LogP contribution in [0.2, 0.25) is 5.02 Å². The number of ether oxygens (including phenoxy) is 1. The first kappa shape index (κ1) is 18.5. The van der Waals surface area contributed by atoms with Crippen molar-refractivity contribution >= 4 is 28.6 Å². The van der Waals surface area contributed by atoms with Crippen molar-refractivity contribution < 1.29 is 9.53 Å². The lowest BCUT2D eigenvalue weighted by Crippen LogP contribution is -2.14. The molecular formula is C21H23ClN2O2. The first-order valence-electron chi connectivity index (χ1n) is 8.91. The van der Waals surface area contributed by atoms with Gasteiger partial charge in [-0.15, -0.1) is 0 Å². The molecule has 4 nitrogen and oxygen atoms in total. The third-order valence-corrected chi connectivity index (χ3v) is 4.59. The van der Waals surface area contributed by atoms with Crippen molar-refractivity contribution in [3.8, 4) is 0 Å². The maximum atomic E-state index is 11.8. The number of fused-ring (bicyclic) bond motifs is 1. The Hall–Kier alpha value is -2.33. The molecule has 1 unspecified atom stereocenters. The summed E-state index contributed by atoms with van der Waals surface area (Å²) in [4.78, 5) is 16.6. The number of aromatic nitrogens is 2. The zero-order valence-corrected chi connectivity index (χ0v) is 15.9. The minimum Gasteiger partial charge on any atom is -0.466 e. The minimum atomic E-state index is -0.152. The Morgan fingerprint density at radius 3 is 2.65 bits per heavy atom. The van der Waals surface area contributed by atoms with E-state index in [4.69, 9.17) is 21.3 Å². The molecule has 3 rings (SSSR count). The van der Waals surface area contributed by atoms with Crippen LogP contribution in [0.4, 0.5) is 0 Å². The van der Waals surface area contributed by atoms with E-state index < -0.39 is 0 Å². The molecule has 0 aliphatic rings. The van der Waals surface area contributed by atoms with Gasteiger partial charge in [0.05, 0.1) is 17.6 Å². The van der Waals surface area contributed by atoms with Gasteiger partial charge < -0.3 is 9.30 Å². The number of halogens is 1. The van der Waals surface area contributed by atoms with Crippen LogP contribution in [0.15, 0.2) is 48.5 Å². The highest BCUT2D eigenvalue weighted by Gasteiger charge is 2.16. The summed E-state index contributed by atoms with van der Waals surface area (Å²) in [6.45, 7) is 5.02. The second-order valence-electron chi connectivity index (χ2n) is 6.55. The van der Waals surface area contributed by atoms with Crippen LogP contribution in [0.25, 0.3) is 11.0 Å². The second kappa shape index (κ2) is 8.37. The summed E-state index contributed by atoms with van der Waals surface area (Å²) in [6.07, 6.45) is 1.12. The van der Waals surface area contributed by atoms with E-state index in [2.05, 4.69) is 17.6 Å². The Balaban J connectivity index is 1.86. The average Bonchev–Trinajstić information content (AvgIpc) is 2.94. The third kappa shape index (κ3) is 4.44. The second-order valence-corrected chi connectivity index (χ2v) is 6.98. The van der Waals surface area contributed by atoms with Crippen LogP contribution in [0.3, 0.4) is 0 Å². The van der Waals surface area contributed by atoms with E-state index in [1.165, 1.54) is 0 Å². The molecule has 0 spiro atoms. The molecule has 5 heteroatoms. The number of nitrogens with zero attached hydrogens (tertiary/aromatic N) is 2. The van der Waals surface area contributed by atoms with Crippen LogP contribution in [-0.4, -0.2) is 22.1 Å². The van der Waals surface area contributed by atoms with Gasteiger partial charge in [0.25, 0.3) is 0 Å². The molecule has 1 aromatic heterocycles. The van der Waals surface area contributed by atoms with Crippen molar-refractivity contribution in [2.45, 2.75) is 33.2 Å². The van der Waals surface area contributed by atoms with Gasteiger partial charge in [-0.25, -0.2) is 4.98 Å². The van der Waals surface area contributed by atoms with Crippen LogP contribution in [0.1, 0.15) is 31.7 Å². The summed E-state index contributed by atoms with van der Waals surface area (Å²) in [7, 11) is 0. The number of carbonyl (C=O) groups is 1. The monoisotopic (exact) mass is 370 g/mol. The van der Waals surface area contributed by atoms with E-state index in [1.54, 1.807) is 0 Å². The van der Waals surface area contributed by atoms with Crippen molar-refractivity contribution in [1.29, 1.82) is 0 Å². The minimum absolute atomic E-state index is 0.152. The summed E-state index contributed by atoms with van der Waals surface area (Å²) in [5.41, 5.74) is 3.23. The molecule has 136 valence electrons. The van der Waals surface area contributed by atoms with E-state index in [9.17, 15) is 4.79 Å². The highest BCUT2D eigenvalue weighted by molar-refractivity contribution is 6.30. The van der Waals surface area contributed by atoms with Gasteiger partial charge in [-0.2, -0.15) is 0 Å². The maximum absolute atomic E-state index is 11.8. The van der Waals surface area contributed by atoms with Gasteiger partial charge in [-0.1, -0.05) is 42.8 Å². The molecule has 0 aliphatic carbocycles. The van der Waals surface area contributed by atoms with Crippen LogP contribution >= 0.6 is 11.6 Å². The quantitative estimate of drug-likeness (QED) is 0.557. The molecule has 0 aliphatic heterocycles. The summed E-state index contributed by atoms with van der Waals surface area (Å²) >= 11 is 6.00. The van der Waals surface area contributed by atoms with Crippen LogP contribution in [0.5, 0.6) is 0 Å². The van der Waals surface area contributed by atoms with Crippen molar-refractivity contribution in [2.24, 2.45) is 5.92 Å². The zero-order valence-electron chi connectivity index (χ0n) is 15.1. The number of benzene rings is 2. The number of esters is 1. The largest absolute Gasteiger partial charge is 0.466 e. The van der Waals surface area contributed by atoms with Crippen molar-refractivity contribution in [1.82, 2.24) is 9.55 Å². The van der Waals surface area contributed by atoms with Crippen molar-refractivity contribution in [3.63, 3.8) is 0 Å². The highest BCUT2D eigenvalue weighted by Crippen LogP contribution is 2.22. The molecule has 0 amide bonds. The standard InChI is InChI=1S/C21H23ClN2O2/c1-3-26-21(25)13-15(2)12-20-23-18-6-4-5-7-19(18)24(20)14-16-8-10-17(22)11-9-16/h4-11,15H,3,12-14H2,1-2H3. The normalized spacial score (nSPS) is 12.3. The topological polar surface area (TPSA) is 44.1 Å². The van der Waals surface area contributed by atoms with Gasteiger partial charge in [-0.05, 0) is 42.7 Å². The third-order valence-electron chi connectivity index (χ3n) is 4.34. The number of carbonyl (C=O) groups excluding carboxylic acids is 1. The number of para-hydroxylation sites is 2. The first-order valence-corrected chi connectivity index (χ1v) is 9.28. The average molecular weight is 371 g/mol. The number of rotatable bonds is 7. The smallest absolute Gasteiger partial charge is 0.306 e. The lowest BCUT2D eigenvalue weighted by molar-refractivity contribution is -0.144. The Bertz CT molecular complexity index is 887. The van der Waals surface area contributed by atoms with Gasteiger partial charge in [-0.3, -0.25) is 4.79 Å². The van der Waals surface area contributed by atoms with Crippen LogP contribution in [-0.2, 0) is 22.5 Å². The van der Waals surface area contributed by atoms with E-state index in [1.807, 2.05) is 49.4 Å². The fourth-order valence-corrected chi connectivity index (χ4v) is 3.24. The number of imidazole rings is 1. The predicted octanol–water partition coefficient (Wildman–Crippen LogP) is 4.87. The molecule has 0 radical (unpaired) electrons. The molecule has 0 bridgehead atoms. The molecule has 0 saturated heterocycles. The Kier molecular flexibility index (Phi) is 5.94. The van der Waals surface area contributed by atoms with Crippen LogP contribution in [0, 0.1) is 5.92 Å². The number of hydrogen-bond acceptors (Lipinski definition) is 3. The summed E-state index contributed by atoms with van der Waals surface area (Å²) in [5, 5.41) is 0.729. The summed E-state index contributed by atoms with van der Waals surface area (Å²) < 4.78 is 7.29. The molecule has 0 N–H and O–H groups in total. The molecule has 3 aromatic rings. The summed E-state index contributed by atoms with van der Waals surface area (Å²) in [5.74, 6) is 0.994. The van der Waals surface area contributed by atoms with Gasteiger partial charge in [0.15, 0.2) is 0 Å². The molecule has 1 atom stereocenters. The Labute approximate surface area is 158 Å². The van der Waals surface area contributed by atoms with E-state index in [0.29, 0.717) is 13.0 Å². The summed E-state index contributed by atoms with van der Waals surface area (Å²) in [6, 6.07) is 16.0. The zero-order chi connectivity index (χ0) is 18.5. The highest BCUT2D eigenvalue weighted by atomic mass is 35.5. The fourth-order valence-electron chi connectivity index (χ4n) is 3.12. The van der Waals surface area contributed by atoms with E-state index in [0.717, 1.165) is 40.4 Å². The van der Waals surface area contributed by atoms with Gasteiger partial charge >= 0.3 is 5.97 Å². The SMILES string of the molecule is CCOC(=O)CC(C)Cc1nc2ccccc2n1Cc1ccc(Cl)cc1. The molecule has 0 saturated carbocycles. The maximum Gasteiger partial charge on any atom is 0.306 e. The predicted molar refractivity (Wildman–Crippen MR) is 104 cm³/mol. The van der Waals surface area contributed by atoms with Gasteiger partial charge in [0, 0.05) is 24.4 Å². The van der Waals surface area contributed by atoms with Crippen molar-refractivity contribution in [3.05, 3.63) is 64.9 Å². The Morgan fingerprint density at radius 1 is 1.19 bits per heavy atom. The fraction of sp³-hybridized carbons (Fsp3) is 0.333. The molecule has 26 heavy (non-hydrogen) atoms. The molecule has 1 heterocycles. The molecule has 2 aromatic carbocycles. The first-order chi connectivity index (χ1) is 12.6. The van der Waals surface area contributed by atoms with E-state index in [-0.39, 0.29) is 11.9 Å². The molecular weight excluding hydrogens is 348 g/mol. The number of hydrogen-bond donors (Lipinski definition) is 0. The van der Waals surface area contributed by atoms with Crippen molar-refractivity contribution in [2.75, 3.05) is 6.61 Å². The molecule has 0 fully saturated rings. The van der Waals surface area contributed by atoms with Gasteiger partial charge in [0.1, 0.15) is 5.82 Å². The van der Waals surface area contributed by atoms with E-state index >= 15 is 0 Å². The lowest BCUT2D eigenvalue weighted by atomic mass is 10.0. The van der Waals surface area contributed by atoms with Crippen LogP contribution < -0.4 is 0 Å². The Morgan fingerprint density at radius 2 is 1.92 bits per heavy atom.